The quantitative estimate of drug-likeness (QED) is 0.690. The van der Waals surface area contributed by atoms with Crippen LogP contribution in [0.4, 0.5) is 18.0 Å². The van der Waals surface area contributed by atoms with Gasteiger partial charge in [0, 0.05) is 42.5 Å². The van der Waals surface area contributed by atoms with E-state index in [0.29, 0.717) is 11.3 Å². The van der Waals surface area contributed by atoms with Crippen molar-refractivity contribution in [3.8, 4) is 0 Å². The molecule has 4 rings (SSSR count). The van der Waals surface area contributed by atoms with Gasteiger partial charge in [-0.1, -0.05) is 29.8 Å². The number of hydrazone groups is 1. The molecule has 0 aliphatic carbocycles. The molecule has 1 N–H and O–H groups in total. The summed E-state index contributed by atoms with van der Waals surface area (Å²) < 4.78 is 39.4. The number of alkyl halides is 3. The zero-order valence-corrected chi connectivity index (χ0v) is 16.4. The van der Waals surface area contributed by atoms with Crippen LogP contribution in [0.25, 0.3) is 0 Å². The van der Waals surface area contributed by atoms with E-state index in [-0.39, 0.29) is 19.1 Å². The molecule has 11 heteroatoms. The topological polar surface area (TPSA) is 88.3 Å². The van der Waals surface area contributed by atoms with Crippen LogP contribution in [0.15, 0.2) is 60.2 Å². The van der Waals surface area contributed by atoms with Crippen LogP contribution in [-0.4, -0.2) is 43.0 Å². The largest absolute Gasteiger partial charge is 0.451 e. The molecule has 8 nitrogen and oxygen atoms in total. The van der Waals surface area contributed by atoms with Gasteiger partial charge in [-0.3, -0.25) is 4.68 Å². The molecule has 160 valence electrons. The number of hydrogen-bond donors (Lipinski definition) is 1. The van der Waals surface area contributed by atoms with E-state index in [4.69, 9.17) is 0 Å². The van der Waals surface area contributed by atoms with Crippen molar-refractivity contribution in [3.63, 3.8) is 0 Å². The van der Waals surface area contributed by atoms with Crippen LogP contribution in [-0.2, 0) is 12.7 Å². The maximum absolute atomic E-state index is 12.6. The lowest BCUT2D eigenvalue weighted by atomic mass is 10.0. The SMILES string of the molecule is Cc1ccc(C2=NN(C(=O)NCc3cnc(C(F)(F)F)nc3)CC2n2cccn2)cc1. The zero-order valence-electron chi connectivity index (χ0n) is 16.4. The molecule has 1 atom stereocenters. The van der Waals surface area contributed by atoms with Gasteiger partial charge in [-0.25, -0.2) is 19.8 Å². The van der Waals surface area contributed by atoms with Crippen molar-refractivity contribution in [1.29, 1.82) is 0 Å². The van der Waals surface area contributed by atoms with Gasteiger partial charge in [-0.05, 0) is 13.0 Å². The molecule has 31 heavy (non-hydrogen) atoms. The molecule has 0 saturated carbocycles. The summed E-state index contributed by atoms with van der Waals surface area (Å²) >= 11 is 0. The molecular weight excluding hydrogens is 411 g/mol. The second kappa shape index (κ2) is 8.17. The highest BCUT2D eigenvalue weighted by Crippen LogP contribution is 2.26. The summed E-state index contributed by atoms with van der Waals surface area (Å²) in [5.41, 5.74) is 3.01. The fourth-order valence-corrected chi connectivity index (χ4v) is 3.13. The van der Waals surface area contributed by atoms with Crippen LogP contribution in [0.3, 0.4) is 0 Å². The summed E-state index contributed by atoms with van der Waals surface area (Å²) in [5.74, 6) is -1.23. The highest BCUT2D eigenvalue weighted by atomic mass is 19.4. The van der Waals surface area contributed by atoms with Crippen molar-refractivity contribution in [2.24, 2.45) is 5.10 Å². The van der Waals surface area contributed by atoms with E-state index < -0.39 is 18.0 Å². The minimum atomic E-state index is -4.61. The number of aryl methyl sites for hydroxylation is 1. The summed E-state index contributed by atoms with van der Waals surface area (Å²) in [6.45, 7) is 2.21. The van der Waals surface area contributed by atoms with Crippen LogP contribution < -0.4 is 5.32 Å². The molecule has 0 fully saturated rings. The standard InChI is InChI=1S/C20H18F3N7O/c1-13-3-5-15(6-4-13)17-16(29-8-2-7-27-29)12-30(28-17)19(31)26-11-14-9-24-18(25-10-14)20(21,22)23/h2-10,16H,11-12H2,1H3,(H,26,31). The second-order valence-electron chi connectivity index (χ2n) is 7.01. The van der Waals surface area contributed by atoms with Gasteiger partial charge in [0.1, 0.15) is 6.04 Å². The number of hydrogen-bond acceptors (Lipinski definition) is 5. The Morgan fingerprint density at radius 1 is 1.19 bits per heavy atom. The fraction of sp³-hybridized carbons (Fsp3) is 0.250. The first-order valence-electron chi connectivity index (χ1n) is 9.39. The number of nitrogens with one attached hydrogen (secondary N) is 1. The Kier molecular flexibility index (Phi) is 5.40. The van der Waals surface area contributed by atoms with Crippen LogP contribution in [0.5, 0.6) is 0 Å². The number of carbonyl (C=O) groups excluding carboxylic acids is 1. The molecule has 1 unspecified atom stereocenters. The minimum Gasteiger partial charge on any atom is -0.332 e. The number of amides is 2. The number of halogens is 3. The third-order valence-electron chi connectivity index (χ3n) is 4.72. The van der Waals surface area contributed by atoms with Gasteiger partial charge in [0.15, 0.2) is 0 Å². The van der Waals surface area contributed by atoms with Crippen molar-refractivity contribution in [1.82, 2.24) is 30.1 Å². The van der Waals surface area contributed by atoms with Crippen LogP contribution >= 0.6 is 0 Å². The number of urea groups is 1. The van der Waals surface area contributed by atoms with E-state index in [2.05, 4.69) is 25.5 Å². The Hall–Kier alpha value is -3.76. The third-order valence-corrected chi connectivity index (χ3v) is 4.72. The van der Waals surface area contributed by atoms with Crippen molar-refractivity contribution >= 4 is 11.7 Å². The summed E-state index contributed by atoms with van der Waals surface area (Å²) in [7, 11) is 0. The van der Waals surface area contributed by atoms with Gasteiger partial charge in [0.2, 0.25) is 5.82 Å². The highest BCUT2D eigenvalue weighted by molar-refractivity contribution is 6.05. The Labute approximate surface area is 175 Å². The lowest BCUT2D eigenvalue weighted by molar-refractivity contribution is -0.145. The third kappa shape index (κ3) is 4.55. The Morgan fingerprint density at radius 2 is 1.90 bits per heavy atom. The summed E-state index contributed by atoms with van der Waals surface area (Å²) in [4.78, 5) is 19.2. The van der Waals surface area contributed by atoms with Crippen molar-refractivity contribution in [2.45, 2.75) is 25.7 Å². The summed E-state index contributed by atoms with van der Waals surface area (Å²) in [5, 5.41) is 12.7. The lowest BCUT2D eigenvalue weighted by Crippen LogP contribution is -2.36. The van der Waals surface area contributed by atoms with Gasteiger partial charge >= 0.3 is 12.2 Å². The first-order valence-corrected chi connectivity index (χ1v) is 9.39. The number of nitrogens with zero attached hydrogens (tertiary/aromatic N) is 6. The first-order chi connectivity index (χ1) is 14.8. The molecular formula is C20H18F3N7O. The molecule has 1 aliphatic heterocycles. The molecule has 1 aliphatic rings. The van der Waals surface area contributed by atoms with Crippen LogP contribution in [0.1, 0.15) is 28.6 Å². The van der Waals surface area contributed by atoms with Gasteiger partial charge in [0.25, 0.3) is 0 Å². The van der Waals surface area contributed by atoms with Crippen LogP contribution in [0, 0.1) is 6.92 Å². The zero-order chi connectivity index (χ0) is 22.0. The van der Waals surface area contributed by atoms with E-state index in [1.165, 1.54) is 5.01 Å². The number of rotatable bonds is 4. The Bertz CT molecular complexity index is 1080. The van der Waals surface area contributed by atoms with Crippen molar-refractivity contribution in [2.75, 3.05) is 6.54 Å². The van der Waals surface area contributed by atoms with E-state index in [0.717, 1.165) is 23.5 Å². The Balaban J connectivity index is 1.48. The molecule has 2 aromatic heterocycles. The number of carbonyl (C=O) groups is 1. The molecule has 3 heterocycles. The monoisotopic (exact) mass is 429 g/mol. The predicted octanol–water partition coefficient (Wildman–Crippen LogP) is 3.17. The van der Waals surface area contributed by atoms with E-state index in [9.17, 15) is 18.0 Å². The maximum atomic E-state index is 12.6. The number of aromatic nitrogens is 4. The maximum Gasteiger partial charge on any atom is 0.451 e. The normalized spacial score (nSPS) is 16.3. The van der Waals surface area contributed by atoms with Crippen molar-refractivity contribution in [3.05, 3.63) is 77.6 Å². The molecule has 0 spiro atoms. The van der Waals surface area contributed by atoms with E-state index >= 15 is 0 Å². The molecule has 2 amide bonds. The number of benzene rings is 1. The van der Waals surface area contributed by atoms with E-state index in [1.54, 1.807) is 23.1 Å². The lowest BCUT2D eigenvalue weighted by Gasteiger charge is -2.16. The Morgan fingerprint density at radius 3 is 2.52 bits per heavy atom. The van der Waals surface area contributed by atoms with Gasteiger partial charge in [-0.15, -0.1) is 0 Å². The van der Waals surface area contributed by atoms with E-state index in [1.807, 2.05) is 31.2 Å². The summed E-state index contributed by atoms with van der Waals surface area (Å²) in [6.07, 6.45) is 0.913. The fourth-order valence-electron chi connectivity index (χ4n) is 3.13. The molecule has 3 aromatic rings. The molecule has 0 saturated heterocycles. The average molecular weight is 429 g/mol. The highest BCUT2D eigenvalue weighted by Gasteiger charge is 2.35. The average Bonchev–Trinajstić information content (AvgIpc) is 3.42. The predicted molar refractivity (Wildman–Crippen MR) is 105 cm³/mol. The smallest absolute Gasteiger partial charge is 0.332 e. The molecule has 0 radical (unpaired) electrons. The summed E-state index contributed by atoms with van der Waals surface area (Å²) in [6, 6.07) is 8.84. The first kappa shape index (κ1) is 20.5. The molecule has 1 aromatic carbocycles. The van der Waals surface area contributed by atoms with Gasteiger partial charge < -0.3 is 5.32 Å². The molecule has 0 bridgehead atoms. The minimum absolute atomic E-state index is 0.0324. The van der Waals surface area contributed by atoms with Gasteiger partial charge in [0.05, 0.1) is 12.3 Å². The van der Waals surface area contributed by atoms with Crippen molar-refractivity contribution < 1.29 is 18.0 Å². The van der Waals surface area contributed by atoms with Crippen LogP contribution in [0.2, 0.25) is 0 Å². The second-order valence-corrected chi connectivity index (χ2v) is 7.01. The van der Waals surface area contributed by atoms with Gasteiger partial charge in [-0.2, -0.15) is 23.4 Å².